The highest BCUT2D eigenvalue weighted by molar-refractivity contribution is 9.10. The molecule has 4 nitrogen and oxygen atoms in total. The number of carboxylic acid groups (broad SMARTS) is 1. The minimum atomic E-state index is -0.904. The normalized spacial score (nSPS) is 12.7. The number of carbonyl (C=O) groups is 1. The molecular weight excluding hydrogens is 315 g/mol. The average molecular weight is 333 g/mol. The zero-order valence-electron chi connectivity index (χ0n) is 10.8. The molecule has 106 valence electrons. The van der Waals surface area contributed by atoms with Gasteiger partial charge in [0.15, 0.2) is 0 Å². The standard InChI is InChI=1S/C13H18BrFN2O2/c1-17(8-11(16)7-13(18)19)5-4-9-6-10(14)2-3-12(9)15/h2-3,6,11H,4-5,7-8,16H2,1H3,(H,18,19). The largest absolute Gasteiger partial charge is 0.481 e. The zero-order chi connectivity index (χ0) is 14.4. The first kappa shape index (κ1) is 16.1. The van der Waals surface area contributed by atoms with Crippen LogP contribution in [0.1, 0.15) is 12.0 Å². The highest BCUT2D eigenvalue weighted by atomic mass is 79.9. The maximum absolute atomic E-state index is 13.5. The number of halogens is 2. The van der Waals surface area contributed by atoms with E-state index in [1.54, 1.807) is 12.1 Å². The minimum absolute atomic E-state index is 0.0599. The van der Waals surface area contributed by atoms with Crippen LogP contribution in [0.4, 0.5) is 4.39 Å². The molecule has 1 unspecified atom stereocenters. The third-order valence-corrected chi connectivity index (χ3v) is 3.25. The van der Waals surface area contributed by atoms with Crippen molar-refractivity contribution in [3.05, 3.63) is 34.1 Å². The molecule has 0 heterocycles. The summed E-state index contributed by atoms with van der Waals surface area (Å²) in [6.45, 7) is 1.10. The molecule has 3 N–H and O–H groups in total. The minimum Gasteiger partial charge on any atom is -0.481 e. The fraction of sp³-hybridized carbons (Fsp3) is 0.462. The Kier molecular flexibility index (Phi) is 6.41. The van der Waals surface area contributed by atoms with E-state index in [0.717, 1.165) is 4.47 Å². The van der Waals surface area contributed by atoms with Gasteiger partial charge in [-0.3, -0.25) is 4.79 Å². The summed E-state index contributed by atoms with van der Waals surface area (Å²) in [7, 11) is 1.84. The Morgan fingerprint density at radius 1 is 1.58 bits per heavy atom. The third-order valence-electron chi connectivity index (χ3n) is 2.75. The van der Waals surface area contributed by atoms with Gasteiger partial charge < -0.3 is 15.7 Å². The first-order valence-electron chi connectivity index (χ1n) is 5.98. The van der Waals surface area contributed by atoms with Gasteiger partial charge in [-0.2, -0.15) is 0 Å². The molecule has 6 heteroatoms. The number of nitrogens with zero attached hydrogens (tertiary/aromatic N) is 1. The molecule has 1 rings (SSSR count). The second-order valence-electron chi connectivity index (χ2n) is 4.61. The summed E-state index contributed by atoms with van der Waals surface area (Å²) < 4.78 is 14.4. The Morgan fingerprint density at radius 3 is 2.89 bits per heavy atom. The Morgan fingerprint density at radius 2 is 2.26 bits per heavy atom. The van der Waals surface area contributed by atoms with Crippen molar-refractivity contribution in [3.63, 3.8) is 0 Å². The van der Waals surface area contributed by atoms with E-state index in [9.17, 15) is 9.18 Å². The van der Waals surface area contributed by atoms with Crippen LogP contribution >= 0.6 is 15.9 Å². The summed E-state index contributed by atoms with van der Waals surface area (Å²) in [6, 6.07) is 4.43. The fourth-order valence-electron chi connectivity index (χ4n) is 1.83. The van der Waals surface area contributed by atoms with Crippen molar-refractivity contribution in [2.75, 3.05) is 20.1 Å². The molecule has 19 heavy (non-hydrogen) atoms. The molecule has 0 spiro atoms. The molecule has 0 bridgehead atoms. The zero-order valence-corrected chi connectivity index (χ0v) is 12.4. The molecule has 0 saturated carbocycles. The van der Waals surface area contributed by atoms with Crippen molar-refractivity contribution >= 4 is 21.9 Å². The molecule has 0 saturated heterocycles. The number of benzene rings is 1. The van der Waals surface area contributed by atoms with E-state index in [0.29, 0.717) is 25.1 Å². The van der Waals surface area contributed by atoms with E-state index in [1.165, 1.54) is 6.07 Å². The average Bonchev–Trinajstić information content (AvgIpc) is 2.29. The predicted octanol–water partition coefficient (Wildman–Crippen LogP) is 1.86. The molecule has 1 aromatic rings. The van der Waals surface area contributed by atoms with Crippen LogP contribution in [0.2, 0.25) is 0 Å². The Bertz CT molecular complexity index is 443. The molecule has 1 aromatic carbocycles. The van der Waals surface area contributed by atoms with E-state index < -0.39 is 12.0 Å². The molecular formula is C13H18BrFN2O2. The summed E-state index contributed by atoms with van der Waals surface area (Å²) in [5.74, 6) is -1.13. The molecule has 0 aliphatic rings. The fourth-order valence-corrected chi connectivity index (χ4v) is 2.24. The molecule has 0 amide bonds. The summed E-state index contributed by atoms with van der Waals surface area (Å²) in [6.07, 6.45) is 0.497. The van der Waals surface area contributed by atoms with Crippen molar-refractivity contribution in [1.82, 2.24) is 4.90 Å². The second-order valence-corrected chi connectivity index (χ2v) is 5.52. The number of hydrogen-bond donors (Lipinski definition) is 2. The number of nitrogens with two attached hydrogens (primary N) is 1. The van der Waals surface area contributed by atoms with Gasteiger partial charge in [-0.25, -0.2) is 4.39 Å². The van der Waals surface area contributed by atoms with E-state index >= 15 is 0 Å². The van der Waals surface area contributed by atoms with Gasteiger partial charge in [0.25, 0.3) is 0 Å². The van der Waals surface area contributed by atoms with Crippen molar-refractivity contribution in [3.8, 4) is 0 Å². The molecule has 0 aromatic heterocycles. The van der Waals surface area contributed by atoms with E-state index in [4.69, 9.17) is 10.8 Å². The van der Waals surface area contributed by atoms with Gasteiger partial charge in [-0.1, -0.05) is 15.9 Å². The number of hydrogen-bond acceptors (Lipinski definition) is 3. The van der Waals surface area contributed by atoms with Crippen LogP contribution in [0.25, 0.3) is 0 Å². The summed E-state index contributed by atoms with van der Waals surface area (Å²) in [5, 5.41) is 8.62. The first-order valence-corrected chi connectivity index (χ1v) is 6.77. The Balaban J connectivity index is 2.43. The highest BCUT2D eigenvalue weighted by Crippen LogP contribution is 2.16. The first-order chi connectivity index (χ1) is 8.88. The molecule has 0 aliphatic carbocycles. The van der Waals surface area contributed by atoms with Gasteiger partial charge in [0.05, 0.1) is 6.42 Å². The summed E-state index contributed by atoms with van der Waals surface area (Å²) in [5.41, 5.74) is 6.33. The Labute approximate surface area is 120 Å². The number of likely N-dealkylation sites (N-methyl/N-ethyl adjacent to an activating group) is 1. The monoisotopic (exact) mass is 332 g/mol. The topological polar surface area (TPSA) is 66.6 Å². The molecule has 0 radical (unpaired) electrons. The van der Waals surface area contributed by atoms with Gasteiger partial charge in [0, 0.05) is 23.6 Å². The van der Waals surface area contributed by atoms with Gasteiger partial charge >= 0.3 is 5.97 Å². The van der Waals surface area contributed by atoms with Gasteiger partial charge in [-0.15, -0.1) is 0 Å². The lowest BCUT2D eigenvalue weighted by atomic mass is 10.1. The van der Waals surface area contributed by atoms with Crippen LogP contribution in [0.15, 0.2) is 22.7 Å². The van der Waals surface area contributed by atoms with Crippen molar-refractivity contribution in [2.24, 2.45) is 5.73 Å². The van der Waals surface area contributed by atoms with Gasteiger partial charge in [0.1, 0.15) is 5.82 Å². The summed E-state index contributed by atoms with van der Waals surface area (Å²) >= 11 is 3.31. The van der Waals surface area contributed by atoms with Crippen molar-refractivity contribution < 1.29 is 14.3 Å². The number of carboxylic acids is 1. The van der Waals surface area contributed by atoms with Crippen LogP contribution < -0.4 is 5.73 Å². The van der Waals surface area contributed by atoms with Gasteiger partial charge in [0.2, 0.25) is 0 Å². The quantitative estimate of drug-likeness (QED) is 0.799. The highest BCUT2D eigenvalue weighted by Gasteiger charge is 2.11. The smallest absolute Gasteiger partial charge is 0.304 e. The van der Waals surface area contributed by atoms with E-state index in [-0.39, 0.29) is 12.2 Å². The third kappa shape index (κ3) is 6.13. The Hall–Kier alpha value is -0.980. The predicted molar refractivity (Wildman–Crippen MR) is 75.5 cm³/mol. The van der Waals surface area contributed by atoms with Crippen LogP contribution in [0.3, 0.4) is 0 Å². The van der Waals surface area contributed by atoms with Crippen molar-refractivity contribution in [2.45, 2.75) is 18.9 Å². The maximum atomic E-state index is 13.5. The van der Waals surface area contributed by atoms with Crippen LogP contribution in [0, 0.1) is 5.82 Å². The van der Waals surface area contributed by atoms with Crippen LogP contribution in [0.5, 0.6) is 0 Å². The molecule has 1 atom stereocenters. The van der Waals surface area contributed by atoms with Crippen molar-refractivity contribution in [1.29, 1.82) is 0 Å². The lowest BCUT2D eigenvalue weighted by molar-refractivity contribution is -0.137. The van der Waals surface area contributed by atoms with Gasteiger partial charge in [-0.05, 0) is 37.2 Å². The maximum Gasteiger partial charge on any atom is 0.304 e. The summed E-state index contributed by atoms with van der Waals surface area (Å²) in [4.78, 5) is 12.4. The molecule has 0 aliphatic heterocycles. The lowest BCUT2D eigenvalue weighted by Crippen LogP contribution is -2.37. The van der Waals surface area contributed by atoms with Crippen LogP contribution in [-0.4, -0.2) is 42.2 Å². The molecule has 0 fully saturated rings. The lowest BCUT2D eigenvalue weighted by Gasteiger charge is -2.20. The second kappa shape index (κ2) is 7.57. The van der Waals surface area contributed by atoms with E-state index in [2.05, 4.69) is 15.9 Å². The van der Waals surface area contributed by atoms with Crippen LogP contribution in [-0.2, 0) is 11.2 Å². The number of aliphatic carboxylic acids is 1. The van der Waals surface area contributed by atoms with E-state index in [1.807, 2.05) is 11.9 Å². The number of rotatable bonds is 7. The SMILES string of the molecule is CN(CCc1cc(Br)ccc1F)CC(N)CC(=O)O.